The summed E-state index contributed by atoms with van der Waals surface area (Å²) >= 11 is 0. The van der Waals surface area contributed by atoms with E-state index < -0.39 is 0 Å². The summed E-state index contributed by atoms with van der Waals surface area (Å²) in [6.45, 7) is 9.54. The number of methoxy groups -OCH3 is 1. The van der Waals surface area contributed by atoms with E-state index in [4.69, 9.17) is 9.57 Å². The molecule has 2 saturated heterocycles. The van der Waals surface area contributed by atoms with E-state index in [0.29, 0.717) is 18.5 Å². The minimum atomic E-state index is 0.128. The van der Waals surface area contributed by atoms with Crippen molar-refractivity contribution in [1.29, 1.82) is 0 Å². The third kappa shape index (κ3) is 5.65. The number of hydroxylamine groups is 1. The van der Waals surface area contributed by atoms with Crippen LogP contribution >= 0.6 is 0 Å². The second-order valence-corrected chi connectivity index (χ2v) is 9.58. The summed E-state index contributed by atoms with van der Waals surface area (Å²) < 4.78 is 5.77. The van der Waals surface area contributed by atoms with Crippen molar-refractivity contribution in [1.82, 2.24) is 14.9 Å². The van der Waals surface area contributed by atoms with E-state index >= 15 is 0 Å². The van der Waals surface area contributed by atoms with Gasteiger partial charge in [-0.25, -0.2) is 15.0 Å². The van der Waals surface area contributed by atoms with Crippen molar-refractivity contribution in [2.45, 2.75) is 45.2 Å². The number of benzene rings is 2. The highest BCUT2D eigenvalue weighted by Crippen LogP contribution is 2.36. The number of hydrogen-bond acceptors (Lipinski definition) is 8. The van der Waals surface area contributed by atoms with Gasteiger partial charge in [0, 0.05) is 43.4 Å². The molecule has 3 heterocycles. The Morgan fingerprint density at radius 2 is 1.78 bits per heavy atom. The molecule has 0 unspecified atom stereocenters. The van der Waals surface area contributed by atoms with Crippen molar-refractivity contribution in [3.8, 4) is 5.75 Å². The molecule has 8 nitrogen and oxygen atoms in total. The van der Waals surface area contributed by atoms with Crippen molar-refractivity contribution in [2.24, 2.45) is 0 Å². The lowest BCUT2D eigenvalue weighted by Crippen LogP contribution is -2.44. The van der Waals surface area contributed by atoms with Crippen LogP contribution in [-0.4, -0.2) is 60.8 Å². The van der Waals surface area contributed by atoms with Crippen molar-refractivity contribution >= 4 is 23.0 Å². The Labute approximate surface area is 220 Å². The van der Waals surface area contributed by atoms with Crippen LogP contribution in [0.15, 0.2) is 60.9 Å². The zero-order valence-electron chi connectivity index (χ0n) is 22.1. The predicted octanol–water partition coefficient (Wildman–Crippen LogP) is 5.42. The van der Waals surface area contributed by atoms with E-state index in [1.807, 2.05) is 17.2 Å². The van der Waals surface area contributed by atoms with E-state index in [1.54, 1.807) is 13.4 Å². The van der Waals surface area contributed by atoms with Crippen molar-refractivity contribution in [3.05, 3.63) is 66.5 Å². The summed E-state index contributed by atoms with van der Waals surface area (Å²) in [5, 5.41) is 5.32. The zero-order chi connectivity index (χ0) is 25.6. The molecule has 1 N–H and O–H groups in total. The van der Waals surface area contributed by atoms with Gasteiger partial charge in [0.2, 0.25) is 0 Å². The van der Waals surface area contributed by atoms with Gasteiger partial charge in [0.25, 0.3) is 0 Å². The number of rotatable bonds is 9. The van der Waals surface area contributed by atoms with E-state index in [0.717, 1.165) is 49.9 Å². The normalized spacial score (nSPS) is 18.4. The van der Waals surface area contributed by atoms with Crippen molar-refractivity contribution < 1.29 is 9.57 Å². The van der Waals surface area contributed by atoms with Crippen LogP contribution in [0.2, 0.25) is 0 Å². The van der Waals surface area contributed by atoms with Gasteiger partial charge in [-0.05, 0) is 43.6 Å². The fourth-order valence-electron chi connectivity index (χ4n) is 5.56. The highest BCUT2D eigenvalue weighted by molar-refractivity contribution is 5.70. The molecule has 1 aromatic heterocycles. The summed E-state index contributed by atoms with van der Waals surface area (Å²) in [6.07, 6.45) is 4.87. The molecule has 37 heavy (non-hydrogen) atoms. The first-order valence-corrected chi connectivity index (χ1v) is 13.4. The van der Waals surface area contributed by atoms with Crippen molar-refractivity contribution in [3.63, 3.8) is 0 Å². The molecule has 0 radical (unpaired) electrons. The van der Waals surface area contributed by atoms with Crippen molar-refractivity contribution in [2.75, 3.05) is 55.2 Å². The van der Waals surface area contributed by atoms with Crippen LogP contribution in [0.5, 0.6) is 5.75 Å². The molecule has 2 fully saturated rings. The zero-order valence-corrected chi connectivity index (χ0v) is 22.1. The molecule has 3 aromatic rings. The molecule has 2 aliphatic heterocycles. The van der Waals surface area contributed by atoms with Gasteiger partial charge in [0.15, 0.2) is 5.82 Å². The molecular weight excluding hydrogens is 464 g/mol. The van der Waals surface area contributed by atoms with E-state index in [2.05, 4.69) is 81.4 Å². The Hall–Kier alpha value is -3.36. The molecule has 8 heteroatoms. The highest BCUT2D eigenvalue weighted by atomic mass is 16.7. The Bertz CT molecular complexity index is 1150. The second kappa shape index (κ2) is 11.8. The van der Waals surface area contributed by atoms with Gasteiger partial charge in [-0.2, -0.15) is 0 Å². The number of hydrogen-bond donors (Lipinski definition) is 1. The number of anilines is 4. The number of ether oxygens (including phenoxy) is 1. The summed E-state index contributed by atoms with van der Waals surface area (Å²) in [4.78, 5) is 20.0. The summed E-state index contributed by atoms with van der Waals surface area (Å²) in [7, 11) is 1.71. The summed E-state index contributed by atoms with van der Waals surface area (Å²) in [5.41, 5.74) is 3.28. The smallest absolute Gasteiger partial charge is 0.158 e. The van der Waals surface area contributed by atoms with Crippen LogP contribution in [-0.2, 0) is 4.84 Å². The molecule has 5 rings (SSSR count). The van der Waals surface area contributed by atoms with E-state index in [-0.39, 0.29) is 6.04 Å². The van der Waals surface area contributed by atoms with Gasteiger partial charge in [-0.1, -0.05) is 44.2 Å². The molecule has 196 valence electrons. The van der Waals surface area contributed by atoms with Gasteiger partial charge in [-0.15, -0.1) is 0 Å². The van der Waals surface area contributed by atoms with Gasteiger partial charge < -0.3 is 19.9 Å². The van der Waals surface area contributed by atoms with E-state index in [1.165, 1.54) is 24.1 Å². The lowest BCUT2D eigenvalue weighted by molar-refractivity contribution is 0.157. The SMILES string of the molecule is CCN(CC)C1CCN(c2ccc(Nc3cc(N4OCC[C@@H]4c4ccccc4)ncn3)c(OC)c2)CC1. The van der Waals surface area contributed by atoms with Gasteiger partial charge in [0.1, 0.15) is 17.9 Å². The Morgan fingerprint density at radius 3 is 2.51 bits per heavy atom. The second-order valence-electron chi connectivity index (χ2n) is 9.58. The predicted molar refractivity (Wildman–Crippen MR) is 149 cm³/mol. The number of aromatic nitrogens is 2. The lowest BCUT2D eigenvalue weighted by atomic mass is 10.0. The third-order valence-corrected chi connectivity index (χ3v) is 7.57. The fraction of sp³-hybridized carbons (Fsp3) is 0.448. The number of piperidine rings is 1. The van der Waals surface area contributed by atoms with Gasteiger partial charge in [-0.3, -0.25) is 4.84 Å². The fourth-order valence-corrected chi connectivity index (χ4v) is 5.56. The van der Waals surface area contributed by atoms with Crippen LogP contribution < -0.4 is 20.0 Å². The molecule has 2 aromatic carbocycles. The maximum Gasteiger partial charge on any atom is 0.158 e. The summed E-state index contributed by atoms with van der Waals surface area (Å²) in [6, 6.07) is 19.5. The third-order valence-electron chi connectivity index (χ3n) is 7.57. The molecular formula is C29H38N6O2. The molecule has 0 aliphatic carbocycles. The molecule has 2 aliphatic rings. The van der Waals surface area contributed by atoms with Crippen LogP contribution in [0.3, 0.4) is 0 Å². The Kier molecular flexibility index (Phi) is 8.06. The molecule has 1 atom stereocenters. The number of nitrogens with zero attached hydrogens (tertiary/aromatic N) is 5. The standard InChI is InChI=1S/C29H38N6O2/c1-4-33(5-2)23-13-16-34(17-14-23)24-11-12-25(27(19-24)36-3)32-28-20-29(31-21-30-28)35-26(15-18-37-35)22-9-7-6-8-10-22/h6-12,19-21,23,26H,4-5,13-18H2,1-3H3,(H,30,31,32)/t26-/m1/s1. The average molecular weight is 503 g/mol. The first-order valence-electron chi connectivity index (χ1n) is 13.4. The molecule has 0 saturated carbocycles. The first kappa shape index (κ1) is 25.3. The first-order chi connectivity index (χ1) is 18.2. The van der Waals surface area contributed by atoms with Crippen LogP contribution in [0.1, 0.15) is 44.7 Å². The Morgan fingerprint density at radius 1 is 1.00 bits per heavy atom. The van der Waals surface area contributed by atoms with Gasteiger partial charge >= 0.3 is 0 Å². The van der Waals surface area contributed by atoms with Crippen LogP contribution in [0.4, 0.5) is 23.0 Å². The van der Waals surface area contributed by atoms with Gasteiger partial charge in [0.05, 0.1) is 25.4 Å². The molecule has 0 spiro atoms. The van der Waals surface area contributed by atoms with E-state index in [9.17, 15) is 0 Å². The average Bonchev–Trinajstić information content (AvgIpc) is 3.45. The Balaban J connectivity index is 1.28. The maximum atomic E-state index is 5.96. The minimum Gasteiger partial charge on any atom is -0.494 e. The largest absolute Gasteiger partial charge is 0.494 e. The monoisotopic (exact) mass is 502 g/mol. The highest BCUT2D eigenvalue weighted by Gasteiger charge is 2.29. The minimum absolute atomic E-state index is 0.128. The maximum absolute atomic E-state index is 5.96. The summed E-state index contributed by atoms with van der Waals surface area (Å²) in [5.74, 6) is 2.22. The topological polar surface area (TPSA) is 66.0 Å². The quantitative estimate of drug-likeness (QED) is 0.416. The van der Waals surface area contributed by atoms with Crippen LogP contribution in [0, 0.1) is 0 Å². The van der Waals surface area contributed by atoms with Crippen LogP contribution in [0.25, 0.3) is 0 Å². The lowest BCUT2D eigenvalue weighted by Gasteiger charge is -2.38. The molecule has 0 amide bonds. The number of nitrogens with one attached hydrogen (secondary N) is 1. The molecule has 0 bridgehead atoms.